The maximum atomic E-state index is 12.1. The monoisotopic (exact) mass is 474 g/mol. The van der Waals surface area contributed by atoms with Crippen LogP contribution in [0.1, 0.15) is 32.4 Å². The summed E-state index contributed by atoms with van der Waals surface area (Å²) >= 11 is 0. The van der Waals surface area contributed by atoms with Gasteiger partial charge in [0.25, 0.3) is 5.88 Å². The van der Waals surface area contributed by atoms with Crippen LogP contribution in [0.4, 0.5) is 22.1 Å². The molecule has 186 valence electrons. The number of likely N-dealkylation sites (tertiary alicyclic amines) is 1. The first-order valence-corrected chi connectivity index (χ1v) is 11.4. The molecule has 0 spiro atoms. The van der Waals surface area contributed by atoms with Gasteiger partial charge in [-0.05, 0) is 32.9 Å². The number of anilines is 3. The number of rotatable bonds is 10. The second kappa shape index (κ2) is 12.2. The van der Waals surface area contributed by atoms with E-state index < -0.39 is 0 Å². The van der Waals surface area contributed by atoms with Crippen molar-refractivity contribution < 1.29 is 23.7 Å². The van der Waals surface area contributed by atoms with Crippen molar-refractivity contribution in [3.05, 3.63) is 24.2 Å². The summed E-state index contributed by atoms with van der Waals surface area (Å²) in [5.41, 5.74) is 1.59. The molecule has 1 amide bonds. The van der Waals surface area contributed by atoms with E-state index in [1.807, 2.05) is 32.9 Å². The summed E-state index contributed by atoms with van der Waals surface area (Å²) in [6.45, 7) is 7.98. The number of pyridine rings is 1. The summed E-state index contributed by atoms with van der Waals surface area (Å²) in [4.78, 5) is 27.0. The average Bonchev–Trinajstić information content (AvgIpc) is 2.81. The van der Waals surface area contributed by atoms with Crippen LogP contribution in [0.25, 0.3) is 0 Å². The third-order valence-electron chi connectivity index (χ3n) is 5.24. The van der Waals surface area contributed by atoms with Gasteiger partial charge in [0.1, 0.15) is 18.2 Å². The Morgan fingerprint density at radius 3 is 2.62 bits per heavy atom. The molecule has 0 radical (unpaired) electrons. The third-order valence-corrected chi connectivity index (χ3v) is 5.24. The fourth-order valence-electron chi connectivity index (χ4n) is 3.51. The molecule has 1 aliphatic heterocycles. The summed E-state index contributed by atoms with van der Waals surface area (Å²) in [7, 11) is 3.21. The van der Waals surface area contributed by atoms with Gasteiger partial charge >= 0.3 is 6.09 Å². The molecule has 0 unspecified atom stereocenters. The van der Waals surface area contributed by atoms with Gasteiger partial charge in [0.2, 0.25) is 5.75 Å². The van der Waals surface area contributed by atoms with E-state index in [1.54, 1.807) is 19.1 Å². The maximum Gasteiger partial charge on any atom is 0.410 e. The van der Waals surface area contributed by atoms with Gasteiger partial charge in [-0.3, -0.25) is 0 Å². The number of hydrogen-bond acceptors (Lipinski definition) is 10. The predicted octanol–water partition coefficient (Wildman–Crippen LogP) is 3.38. The molecule has 1 fully saturated rings. The number of hydrogen-bond donors (Lipinski definition) is 2. The van der Waals surface area contributed by atoms with Crippen molar-refractivity contribution in [3.63, 3.8) is 0 Å². The lowest BCUT2D eigenvalue weighted by molar-refractivity contribution is 0.0500. The van der Waals surface area contributed by atoms with Crippen LogP contribution < -0.4 is 20.1 Å². The van der Waals surface area contributed by atoms with Crippen LogP contribution in [0.5, 0.6) is 11.6 Å². The van der Waals surface area contributed by atoms with Gasteiger partial charge in [0.15, 0.2) is 5.82 Å². The highest BCUT2D eigenvalue weighted by atomic mass is 16.6. The molecule has 11 heteroatoms. The average molecular weight is 475 g/mol. The number of nitrogens with one attached hydrogen (secondary N) is 2. The topological polar surface area (TPSA) is 120 Å². The SMILES string of the molecule is COCCNc1ccc(Nc2ncnc(OC3CCN(C(=O)OC(C)C)CC3)c2OC)c(C)n1. The van der Waals surface area contributed by atoms with Crippen molar-refractivity contribution in [2.75, 3.05) is 51.1 Å². The molecule has 3 rings (SSSR count). The van der Waals surface area contributed by atoms with E-state index in [0.29, 0.717) is 56.5 Å². The molecule has 0 atom stereocenters. The van der Waals surface area contributed by atoms with E-state index in [4.69, 9.17) is 18.9 Å². The molecule has 0 bridgehead atoms. The maximum absolute atomic E-state index is 12.1. The minimum Gasteiger partial charge on any atom is -0.489 e. The number of amides is 1. The lowest BCUT2D eigenvalue weighted by Gasteiger charge is -2.31. The molecule has 2 aromatic heterocycles. The highest BCUT2D eigenvalue weighted by Gasteiger charge is 2.27. The molecular weight excluding hydrogens is 440 g/mol. The number of piperidine rings is 1. The largest absolute Gasteiger partial charge is 0.489 e. The second-order valence-corrected chi connectivity index (χ2v) is 8.17. The van der Waals surface area contributed by atoms with E-state index in [1.165, 1.54) is 6.33 Å². The minimum atomic E-state index is -0.288. The normalized spacial score (nSPS) is 14.1. The minimum absolute atomic E-state index is 0.0967. The molecule has 0 saturated carbocycles. The van der Waals surface area contributed by atoms with E-state index >= 15 is 0 Å². The summed E-state index contributed by atoms with van der Waals surface area (Å²) in [6, 6.07) is 3.81. The third kappa shape index (κ3) is 6.83. The molecule has 3 heterocycles. The quantitative estimate of drug-likeness (QED) is 0.496. The number of methoxy groups -OCH3 is 2. The van der Waals surface area contributed by atoms with Crippen LogP contribution in [0.3, 0.4) is 0 Å². The smallest absolute Gasteiger partial charge is 0.410 e. The van der Waals surface area contributed by atoms with Crippen molar-refractivity contribution in [2.45, 2.75) is 45.8 Å². The number of carbonyl (C=O) groups excluding carboxylic acids is 1. The lowest BCUT2D eigenvalue weighted by Crippen LogP contribution is -2.42. The fourth-order valence-corrected chi connectivity index (χ4v) is 3.51. The first-order valence-electron chi connectivity index (χ1n) is 11.4. The van der Waals surface area contributed by atoms with Crippen LogP contribution in [-0.4, -0.2) is 78.6 Å². The first kappa shape index (κ1) is 25.3. The molecule has 1 saturated heterocycles. The van der Waals surface area contributed by atoms with Gasteiger partial charge in [-0.1, -0.05) is 0 Å². The van der Waals surface area contributed by atoms with Crippen molar-refractivity contribution in [3.8, 4) is 11.6 Å². The fraction of sp³-hybridized carbons (Fsp3) is 0.565. The zero-order valence-electron chi connectivity index (χ0n) is 20.5. The first-order chi connectivity index (χ1) is 16.4. The van der Waals surface area contributed by atoms with Crippen LogP contribution in [0.15, 0.2) is 18.5 Å². The number of ether oxygens (including phenoxy) is 4. The highest BCUT2D eigenvalue weighted by Crippen LogP contribution is 2.35. The Morgan fingerprint density at radius 1 is 1.21 bits per heavy atom. The standard InChI is InChI=1S/C23H34N6O5/c1-15(2)33-23(30)29-11-8-17(9-12-29)34-22-20(32-5)21(25-14-26-22)28-18-6-7-19(27-16(18)3)24-10-13-31-4/h6-7,14-15,17H,8-13H2,1-5H3,(H,24,27)(H,25,26,28). The van der Waals surface area contributed by atoms with Crippen molar-refractivity contribution >= 4 is 23.4 Å². The van der Waals surface area contributed by atoms with Crippen LogP contribution >= 0.6 is 0 Å². The van der Waals surface area contributed by atoms with Gasteiger partial charge in [-0.25, -0.2) is 14.8 Å². The number of carbonyl (C=O) groups is 1. The Morgan fingerprint density at radius 2 is 1.97 bits per heavy atom. The molecule has 11 nitrogen and oxygen atoms in total. The molecular formula is C23H34N6O5. The van der Waals surface area contributed by atoms with Gasteiger partial charge in [-0.15, -0.1) is 0 Å². The number of aromatic nitrogens is 3. The van der Waals surface area contributed by atoms with E-state index in [0.717, 1.165) is 17.2 Å². The van der Waals surface area contributed by atoms with Crippen molar-refractivity contribution in [1.29, 1.82) is 0 Å². The summed E-state index contributed by atoms with van der Waals surface area (Å²) in [6.07, 6.45) is 2.25. The van der Waals surface area contributed by atoms with Crippen LogP contribution in [0.2, 0.25) is 0 Å². The summed E-state index contributed by atoms with van der Waals surface area (Å²) in [5.74, 6) is 2.01. The Kier molecular flexibility index (Phi) is 9.08. The number of aryl methyl sites for hydroxylation is 1. The second-order valence-electron chi connectivity index (χ2n) is 8.17. The molecule has 34 heavy (non-hydrogen) atoms. The Labute approximate surface area is 200 Å². The van der Waals surface area contributed by atoms with Gasteiger partial charge < -0.3 is 34.5 Å². The molecule has 2 N–H and O–H groups in total. The van der Waals surface area contributed by atoms with Gasteiger partial charge in [-0.2, -0.15) is 4.98 Å². The Balaban J connectivity index is 1.64. The Bertz CT molecular complexity index is 949. The molecule has 1 aliphatic rings. The zero-order valence-corrected chi connectivity index (χ0v) is 20.5. The lowest BCUT2D eigenvalue weighted by atomic mass is 10.1. The number of nitrogens with zero attached hydrogens (tertiary/aromatic N) is 4. The van der Waals surface area contributed by atoms with Crippen molar-refractivity contribution in [1.82, 2.24) is 19.9 Å². The summed E-state index contributed by atoms with van der Waals surface area (Å²) in [5, 5.41) is 6.47. The zero-order chi connectivity index (χ0) is 24.5. The van der Waals surface area contributed by atoms with Crippen LogP contribution in [0, 0.1) is 6.92 Å². The predicted molar refractivity (Wildman–Crippen MR) is 128 cm³/mol. The van der Waals surface area contributed by atoms with E-state index in [-0.39, 0.29) is 18.3 Å². The van der Waals surface area contributed by atoms with E-state index in [9.17, 15) is 4.79 Å². The van der Waals surface area contributed by atoms with Crippen LogP contribution in [-0.2, 0) is 9.47 Å². The molecule has 2 aromatic rings. The Hall–Kier alpha value is -3.34. The van der Waals surface area contributed by atoms with Crippen molar-refractivity contribution in [2.24, 2.45) is 0 Å². The van der Waals surface area contributed by atoms with Gasteiger partial charge in [0.05, 0.1) is 31.2 Å². The molecule has 0 aromatic carbocycles. The van der Waals surface area contributed by atoms with Gasteiger partial charge in [0, 0.05) is 39.6 Å². The van der Waals surface area contributed by atoms with E-state index in [2.05, 4.69) is 25.6 Å². The highest BCUT2D eigenvalue weighted by molar-refractivity contribution is 5.68. The summed E-state index contributed by atoms with van der Waals surface area (Å²) < 4.78 is 22.0. The molecule has 0 aliphatic carbocycles.